The first-order chi connectivity index (χ1) is 25.6. The highest BCUT2D eigenvalue weighted by molar-refractivity contribution is 5.86. The highest BCUT2D eigenvalue weighted by Crippen LogP contribution is 2.25. The third kappa shape index (κ3) is 13.3. The molecule has 0 aliphatic carbocycles. The van der Waals surface area contributed by atoms with Gasteiger partial charge < -0.3 is 29.6 Å². The molecule has 0 heterocycles. The zero-order valence-electron chi connectivity index (χ0n) is 31.2. The number of carboxylic acid groups (broad SMARTS) is 2. The molecule has 6 aromatic rings. The van der Waals surface area contributed by atoms with E-state index in [4.69, 9.17) is 0 Å². The van der Waals surface area contributed by atoms with Crippen LogP contribution in [0.5, 0.6) is 0 Å². The van der Waals surface area contributed by atoms with E-state index in [2.05, 4.69) is 186 Å². The lowest BCUT2D eigenvalue weighted by atomic mass is 9.93. The molecule has 0 unspecified atom stereocenters. The quantitative estimate of drug-likeness (QED) is 0.187. The summed E-state index contributed by atoms with van der Waals surface area (Å²) in [6.07, 6.45) is 2.93. The van der Waals surface area contributed by atoms with Gasteiger partial charge in [-0.2, -0.15) is 0 Å². The largest absolute Gasteiger partial charge is 0.550 e. The first-order valence-electron chi connectivity index (χ1n) is 18.0. The van der Waals surface area contributed by atoms with Gasteiger partial charge in [-0.05, 0) is 58.4 Å². The van der Waals surface area contributed by atoms with Crippen molar-refractivity contribution in [3.05, 3.63) is 202 Å². The molecular weight excluding hydrogens is 657 g/mol. The van der Waals surface area contributed by atoms with E-state index >= 15 is 0 Å². The molecule has 0 saturated carbocycles. The minimum atomic E-state index is -1.63. The number of hydrogen-bond donors (Lipinski definition) is 2. The third-order valence-electron chi connectivity index (χ3n) is 8.83. The summed E-state index contributed by atoms with van der Waals surface area (Å²) in [4.78, 5) is 21.3. The first kappa shape index (κ1) is 40.0. The number of rotatable bonds is 12. The zero-order chi connectivity index (χ0) is 38.0. The molecule has 272 valence electrons. The number of hydrogen-bond acceptors (Lipinski definition) is 4. The maximum absolute atomic E-state index is 9.28. The van der Waals surface area contributed by atoms with Crippen molar-refractivity contribution in [2.24, 2.45) is 0 Å². The molecule has 53 heavy (non-hydrogen) atoms. The maximum atomic E-state index is 9.28. The first-order valence-corrected chi connectivity index (χ1v) is 18.0. The molecule has 0 radical (unpaired) electrons. The molecule has 0 fully saturated rings. The summed E-state index contributed by atoms with van der Waals surface area (Å²) in [5.41, 5.74) is 14.0. The van der Waals surface area contributed by atoms with Gasteiger partial charge in [0.25, 0.3) is 0 Å². The Kier molecular flexibility index (Phi) is 15.7. The highest BCUT2D eigenvalue weighted by atomic mass is 16.4. The molecule has 0 saturated heterocycles. The van der Waals surface area contributed by atoms with E-state index in [0.29, 0.717) is 0 Å². The topological polar surface area (TPSA) is 89.1 Å². The van der Waals surface area contributed by atoms with E-state index in [1.165, 1.54) is 65.7 Å². The van der Waals surface area contributed by atoms with Crippen LogP contribution in [0.1, 0.15) is 50.9 Å². The highest BCUT2D eigenvalue weighted by Gasteiger charge is 2.16. The van der Waals surface area contributed by atoms with Crippen molar-refractivity contribution in [2.75, 3.05) is 28.2 Å². The predicted molar refractivity (Wildman–Crippen MR) is 209 cm³/mol. The van der Waals surface area contributed by atoms with Crippen LogP contribution >= 0.6 is 0 Å². The smallest absolute Gasteiger partial charge is 0.134 e. The van der Waals surface area contributed by atoms with Crippen molar-refractivity contribution in [1.29, 1.82) is 0 Å². The lowest BCUT2D eigenvalue weighted by Gasteiger charge is -2.17. The normalized spacial score (nSPS) is 10.5. The Hall–Kier alpha value is -5.82. The standard InChI is InChI=1S/2C22H23N.C3H4O4/c2*1-23(2)22-15-9-14-20(16-18-10-5-3-6-11-18)21(22)17-19-12-7-4-8-13-19;4-2(5)1-3(6)7/h2*3-15H,16-17H2,1-2H3;1H2,(H,4,5)(H,6,7). The average Bonchev–Trinajstić information content (AvgIpc) is 3.14. The Morgan fingerprint density at radius 3 is 0.925 bits per heavy atom. The van der Waals surface area contributed by atoms with Gasteiger partial charge in [0, 0.05) is 42.3 Å². The summed E-state index contributed by atoms with van der Waals surface area (Å²) in [5, 5.41) is 18.6. The molecule has 0 amide bonds. The van der Waals surface area contributed by atoms with Gasteiger partial charge in [0.1, 0.15) is 11.4 Å². The fourth-order valence-electron chi connectivity index (χ4n) is 6.30. The molecule has 6 nitrogen and oxygen atoms in total. The monoisotopic (exact) mass is 706 g/mol. The lowest BCUT2D eigenvalue weighted by molar-refractivity contribution is -0.786. The second-order valence-corrected chi connectivity index (χ2v) is 13.5. The third-order valence-corrected chi connectivity index (χ3v) is 8.83. The summed E-state index contributed by atoms with van der Waals surface area (Å²) in [5.74, 6) is -3.25. The van der Waals surface area contributed by atoms with Crippen molar-refractivity contribution in [2.45, 2.75) is 32.1 Å². The van der Waals surface area contributed by atoms with Crippen LogP contribution < -0.4 is 20.0 Å². The molecule has 0 aromatic heterocycles. The van der Waals surface area contributed by atoms with Gasteiger partial charge >= 0.3 is 0 Å². The molecule has 0 aliphatic heterocycles. The minimum absolute atomic E-state index is 0.990. The number of carbonyl (C=O) groups is 2. The van der Waals surface area contributed by atoms with Crippen LogP contribution in [0.15, 0.2) is 158 Å². The van der Waals surface area contributed by atoms with Gasteiger partial charge in [-0.1, -0.05) is 146 Å². The van der Waals surface area contributed by atoms with Gasteiger partial charge in [-0.3, -0.25) is 0 Å². The van der Waals surface area contributed by atoms with Crippen molar-refractivity contribution < 1.29 is 29.6 Å². The minimum Gasteiger partial charge on any atom is -0.550 e. The van der Waals surface area contributed by atoms with Crippen molar-refractivity contribution in [3.8, 4) is 0 Å². The molecule has 6 heteroatoms. The fourth-order valence-corrected chi connectivity index (χ4v) is 6.30. The summed E-state index contributed by atoms with van der Waals surface area (Å²) < 4.78 is 0. The molecular formula is C47H50N2O4. The second-order valence-electron chi connectivity index (χ2n) is 13.5. The fraction of sp³-hybridized carbons (Fsp3) is 0.191. The van der Waals surface area contributed by atoms with Gasteiger partial charge in [0.2, 0.25) is 0 Å². The molecule has 0 atom stereocenters. The molecule has 6 aromatic carbocycles. The van der Waals surface area contributed by atoms with Gasteiger partial charge in [-0.25, -0.2) is 0 Å². The number of carboxylic acids is 2. The van der Waals surface area contributed by atoms with E-state index in [1.54, 1.807) is 0 Å². The Bertz CT molecular complexity index is 1850. The van der Waals surface area contributed by atoms with E-state index in [0.717, 1.165) is 25.7 Å². The number of nitrogens with one attached hydrogen (secondary N) is 2. The van der Waals surface area contributed by atoms with Crippen molar-refractivity contribution >= 4 is 23.3 Å². The van der Waals surface area contributed by atoms with Gasteiger partial charge in [0.15, 0.2) is 0 Å². The summed E-state index contributed by atoms with van der Waals surface area (Å²) in [6, 6.07) is 56.4. The van der Waals surface area contributed by atoms with E-state index < -0.39 is 18.4 Å². The summed E-state index contributed by atoms with van der Waals surface area (Å²) in [7, 11) is 8.82. The Labute approximate surface area is 314 Å². The van der Waals surface area contributed by atoms with E-state index in [9.17, 15) is 19.8 Å². The van der Waals surface area contributed by atoms with Crippen LogP contribution in [-0.4, -0.2) is 40.1 Å². The SMILES string of the molecule is C[NH+](C)c1cccc(Cc2ccccc2)c1Cc1ccccc1.C[NH+](C)c1cccc(Cc2ccccc2)c1Cc1ccccc1.O=C([O-])CC(=O)[O-]. The van der Waals surface area contributed by atoms with Gasteiger partial charge in [0.05, 0.1) is 28.2 Å². The summed E-state index contributed by atoms with van der Waals surface area (Å²) in [6.45, 7) is 0. The van der Waals surface area contributed by atoms with Gasteiger partial charge in [-0.15, -0.1) is 0 Å². The van der Waals surface area contributed by atoms with Crippen LogP contribution in [0.3, 0.4) is 0 Å². The number of benzene rings is 6. The molecule has 0 bridgehead atoms. The molecule has 0 aliphatic rings. The number of aliphatic carboxylic acids is 2. The van der Waals surface area contributed by atoms with E-state index in [1.807, 2.05) is 0 Å². The summed E-state index contributed by atoms with van der Waals surface area (Å²) >= 11 is 0. The average molecular weight is 707 g/mol. The maximum Gasteiger partial charge on any atom is 0.134 e. The van der Waals surface area contributed by atoms with Crippen LogP contribution in [0.2, 0.25) is 0 Å². The predicted octanol–water partition coefficient (Wildman–Crippen LogP) is 4.16. The second kappa shape index (κ2) is 20.9. The van der Waals surface area contributed by atoms with Crippen molar-refractivity contribution in [1.82, 2.24) is 0 Å². The van der Waals surface area contributed by atoms with E-state index in [-0.39, 0.29) is 0 Å². The van der Waals surface area contributed by atoms with Crippen LogP contribution in [0.25, 0.3) is 0 Å². The lowest BCUT2D eigenvalue weighted by Crippen LogP contribution is -3.00. The number of carbonyl (C=O) groups excluding carboxylic acids is 2. The molecule has 2 N–H and O–H groups in total. The van der Waals surface area contributed by atoms with Crippen LogP contribution in [-0.2, 0) is 35.3 Å². The van der Waals surface area contributed by atoms with Crippen molar-refractivity contribution in [3.63, 3.8) is 0 Å². The Balaban J connectivity index is 0.000000201. The zero-order valence-corrected chi connectivity index (χ0v) is 31.2. The van der Waals surface area contributed by atoms with Crippen LogP contribution in [0, 0.1) is 0 Å². The Morgan fingerprint density at radius 1 is 0.396 bits per heavy atom. The molecule has 6 rings (SSSR count). The Morgan fingerprint density at radius 2 is 0.679 bits per heavy atom. The molecule has 0 spiro atoms. The number of quaternary nitrogens is 2. The van der Waals surface area contributed by atoms with Crippen LogP contribution in [0.4, 0.5) is 11.4 Å².